The summed E-state index contributed by atoms with van der Waals surface area (Å²) in [6.45, 7) is 2.44. The van der Waals surface area contributed by atoms with E-state index in [0.717, 1.165) is 5.69 Å². The van der Waals surface area contributed by atoms with E-state index in [9.17, 15) is 4.79 Å². The Balaban J connectivity index is 2.23. The molecule has 2 aromatic carbocycles. The smallest absolute Gasteiger partial charge is 0.305 e. The lowest BCUT2D eigenvalue weighted by Crippen LogP contribution is -2.34. The van der Waals surface area contributed by atoms with Crippen molar-refractivity contribution in [1.82, 2.24) is 0 Å². The molecular weight excluding hydrogens is 295 g/mol. The van der Waals surface area contributed by atoms with Gasteiger partial charge >= 0.3 is 6.03 Å². The second kappa shape index (κ2) is 6.64. The van der Waals surface area contributed by atoms with E-state index >= 15 is 0 Å². The standard InChI is InChI=1S/C15H14Cl2N2O/c1-2-19(11-7-4-3-5-8-11)15(20)18-14-12(16)9-6-10-13(14)17/h3-10H,2H2,1H3,(H,18,20). The number of rotatable bonds is 3. The maximum atomic E-state index is 12.3. The van der Waals surface area contributed by atoms with E-state index in [1.165, 1.54) is 0 Å². The van der Waals surface area contributed by atoms with Crippen molar-refractivity contribution in [3.8, 4) is 0 Å². The molecule has 0 bridgehead atoms. The molecule has 0 aliphatic carbocycles. The van der Waals surface area contributed by atoms with E-state index in [-0.39, 0.29) is 6.03 Å². The van der Waals surface area contributed by atoms with Crippen molar-refractivity contribution < 1.29 is 4.79 Å². The molecule has 0 fully saturated rings. The molecule has 0 atom stereocenters. The minimum Gasteiger partial charge on any atom is -0.305 e. The summed E-state index contributed by atoms with van der Waals surface area (Å²) in [5.41, 5.74) is 1.24. The first-order valence-electron chi connectivity index (χ1n) is 6.21. The molecule has 0 aliphatic heterocycles. The van der Waals surface area contributed by atoms with E-state index < -0.39 is 0 Å². The van der Waals surface area contributed by atoms with E-state index in [4.69, 9.17) is 23.2 Å². The summed E-state index contributed by atoms with van der Waals surface area (Å²) in [6.07, 6.45) is 0. The lowest BCUT2D eigenvalue weighted by atomic mass is 10.3. The highest BCUT2D eigenvalue weighted by Gasteiger charge is 2.16. The van der Waals surface area contributed by atoms with Crippen LogP contribution in [0.25, 0.3) is 0 Å². The number of carbonyl (C=O) groups excluding carboxylic acids is 1. The Hall–Kier alpha value is -1.71. The zero-order valence-electron chi connectivity index (χ0n) is 10.9. The average Bonchev–Trinajstić information content (AvgIpc) is 2.45. The minimum absolute atomic E-state index is 0.270. The molecule has 2 aromatic rings. The highest BCUT2D eigenvalue weighted by Crippen LogP contribution is 2.30. The van der Waals surface area contributed by atoms with Gasteiger partial charge in [0.15, 0.2) is 0 Å². The fraction of sp³-hybridized carbons (Fsp3) is 0.133. The number of benzene rings is 2. The Bertz CT molecular complexity index is 582. The topological polar surface area (TPSA) is 32.3 Å². The van der Waals surface area contributed by atoms with E-state index in [1.54, 1.807) is 23.1 Å². The molecule has 1 N–H and O–H groups in total. The summed E-state index contributed by atoms with van der Waals surface area (Å²) in [5, 5.41) is 3.58. The fourth-order valence-corrected chi connectivity index (χ4v) is 2.33. The third-order valence-electron chi connectivity index (χ3n) is 2.82. The molecule has 20 heavy (non-hydrogen) atoms. The monoisotopic (exact) mass is 308 g/mol. The molecule has 0 unspecified atom stereocenters. The van der Waals surface area contributed by atoms with Crippen molar-refractivity contribution in [2.45, 2.75) is 6.92 Å². The highest BCUT2D eigenvalue weighted by atomic mass is 35.5. The van der Waals surface area contributed by atoms with Crippen LogP contribution < -0.4 is 10.2 Å². The predicted molar refractivity (Wildman–Crippen MR) is 84.9 cm³/mol. The molecule has 0 aromatic heterocycles. The Labute approximate surface area is 128 Å². The van der Waals surface area contributed by atoms with E-state index in [0.29, 0.717) is 22.3 Å². The van der Waals surface area contributed by atoms with Crippen molar-refractivity contribution in [2.24, 2.45) is 0 Å². The SMILES string of the molecule is CCN(C(=O)Nc1c(Cl)cccc1Cl)c1ccccc1. The number of hydrogen-bond donors (Lipinski definition) is 1. The Morgan fingerprint density at radius 1 is 1.05 bits per heavy atom. The van der Waals surface area contributed by atoms with Gasteiger partial charge in [0.05, 0.1) is 15.7 Å². The van der Waals surface area contributed by atoms with Gasteiger partial charge in [0.25, 0.3) is 0 Å². The number of nitrogens with zero attached hydrogens (tertiary/aromatic N) is 1. The lowest BCUT2D eigenvalue weighted by Gasteiger charge is -2.22. The normalized spacial score (nSPS) is 10.2. The maximum absolute atomic E-state index is 12.3. The molecule has 0 spiro atoms. The largest absolute Gasteiger partial charge is 0.326 e. The van der Waals surface area contributed by atoms with Gasteiger partial charge in [-0.2, -0.15) is 0 Å². The first-order valence-corrected chi connectivity index (χ1v) is 6.96. The molecule has 2 rings (SSSR count). The van der Waals surface area contributed by atoms with Crippen LogP contribution in [0, 0.1) is 0 Å². The van der Waals surface area contributed by atoms with Crippen molar-refractivity contribution in [1.29, 1.82) is 0 Å². The van der Waals surface area contributed by atoms with Gasteiger partial charge in [-0.3, -0.25) is 4.90 Å². The van der Waals surface area contributed by atoms with Gasteiger partial charge in [0, 0.05) is 12.2 Å². The summed E-state index contributed by atoms with van der Waals surface area (Å²) in [7, 11) is 0. The minimum atomic E-state index is -0.270. The number of amides is 2. The first kappa shape index (κ1) is 14.7. The van der Waals surface area contributed by atoms with Gasteiger partial charge in [-0.05, 0) is 31.2 Å². The quantitative estimate of drug-likeness (QED) is 0.845. The van der Waals surface area contributed by atoms with Crippen LogP contribution >= 0.6 is 23.2 Å². The van der Waals surface area contributed by atoms with Gasteiger partial charge in [0.1, 0.15) is 0 Å². The van der Waals surface area contributed by atoms with Gasteiger partial charge < -0.3 is 5.32 Å². The van der Waals surface area contributed by atoms with Crippen LogP contribution in [0.5, 0.6) is 0 Å². The molecule has 0 saturated carbocycles. The van der Waals surface area contributed by atoms with E-state index in [1.807, 2.05) is 37.3 Å². The predicted octanol–water partition coefficient (Wildman–Crippen LogP) is 5.05. The molecule has 0 aliphatic rings. The summed E-state index contributed by atoms with van der Waals surface area (Å²) < 4.78 is 0. The van der Waals surface area contributed by atoms with Crippen molar-refractivity contribution in [3.63, 3.8) is 0 Å². The summed E-state index contributed by atoms with van der Waals surface area (Å²) in [5.74, 6) is 0. The molecule has 5 heteroatoms. The van der Waals surface area contributed by atoms with Crippen molar-refractivity contribution >= 4 is 40.6 Å². The van der Waals surface area contributed by atoms with Crippen LogP contribution in [0.2, 0.25) is 10.0 Å². The average molecular weight is 309 g/mol. The third-order valence-corrected chi connectivity index (χ3v) is 3.45. The first-order chi connectivity index (χ1) is 9.63. The zero-order chi connectivity index (χ0) is 14.5. The summed E-state index contributed by atoms with van der Waals surface area (Å²) in [6, 6.07) is 14.2. The maximum Gasteiger partial charge on any atom is 0.326 e. The number of para-hydroxylation sites is 2. The van der Waals surface area contributed by atoms with Crippen LogP contribution in [0.15, 0.2) is 48.5 Å². The summed E-state index contributed by atoms with van der Waals surface area (Å²) >= 11 is 12.1. The van der Waals surface area contributed by atoms with Gasteiger partial charge in [0.2, 0.25) is 0 Å². The fourth-order valence-electron chi connectivity index (χ4n) is 1.84. The van der Waals surface area contributed by atoms with Gasteiger partial charge in [-0.15, -0.1) is 0 Å². The number of anilines is 2. The summed E-state index contributed by atoms with van der Waals surface area (Å²) in [4.78, 5) is 14.0. The molecule has 0 radical (unpaired) electrons. The van der Waals surface area contributed by atoms with Crippen LogP contribution in [-0.4, -0.2) is 12.6 Å². The second-order valence-corrected chi connectivity index (χ2v) is 4.92. The van der Waals surface area contributed by atoms with Crippen LogP contribution in [-0.2, 0) is 0 Å². The van der Waals surface area contributed by atoms with Crippen LogP contribution in [0.1, 0.15) is 6.92 Å². The number of urea groups is 1. The highest BCUT2D eigenvalue weighted by molar-refractivity contribution is 6.39. The Morgan fingerprint density at radius 3 is 2.20 bits per heavy atom. The zero-order valence-corrected chi connectivity index (χ0v) is 12.4. The molecular formula is C15H14Cl2N2O. The van der Waals surface area contributed by atoms with E-state index in [2.05, 4.69) is 5.32 Å². The van der Waals surface area contributed by atoms with Gasteiger partial charge in [-0.1, -0.05) is 47.5 Å². The number of nitrogens with one attached hydrogen (secondary N) is 1. The van der Waals surface area contributed by atoms with Crippen LogP contribution in [0.3, 0.4) is 0 Å². The molecule has 104 valence electrons. The lowest BCUT2D eigenvalue weighted by molar-refractivity contribution is 0.257. The third kappa shape index (κ3) is 3.24. The van der Waals surface area contributed by atoms with Gasteiger partial charge in [-0.25, -0.2) is 4.79 Å². The number of hydrogen-bond acceptors (Lipinski definition) is 1. The van der Waals surface area contributed by atoms with Crippen molar-refractivity contribution in [3.05, 3.63) is 58.6 Å². The second-order valence-electron chi connectivity index (χ2n) is 4.11. The number of carbonyl (C=O) groups is 1. The molecule has 0 saturated heterocycles. The van der Waals surface area contributed by atoms with Crippen molar-refractivity contribution in [2.75, 3.05) is 16.8 Å². The number of halogens is 2. The molecule has 0 heterocycles. The molecule has 3 nitrogen and oxygen atoms in total. The van der Waals surface area contributed by atoms with Crippen LogP contribution in [0.4, 0.5) is 16.2 Å². The Morgan fingerprint density at radius 2 is 1.65 bits per heavy atom. The Kier molecular flexibility index (Phi) is 4.88. The molecule has 2 amide bonds.